The van der Waals surface area contributed by atoms with Gasteiger partial charge in [0.05, 0.1) is 6.54 Å². The minimum absolute atomic E-state index is 0.309. The number of ether oxygens (including phenoxy) is 1. The van der Waals surface area contributed by atoms with E-state index in [4.69, 9.17) is 9.84 Å². The minimum Gasteiger partial charge on any atom is -0.479 e. The van der Waals surface area contributed by atoms with Crippen LogP contribution in [0.5, 0.6) is 0 Å². The molecule has 4 heteroatoms. The molecule has 0 bridgehead atoms. The van der Waals surface area contributed by atoms with E-state index < -0.39 is 5.97 Å². The molecule has 0 aromatic heterocycles. The number of aliphatic carboxylic acids is 1. The Morgan fingerprint density at radius 2 is 2.12 bits per heavy atom. The summed E-state index contributed by atoms with van der Waals surface area (Å²) < 4.78 is 5.29. The highest BCUT2D eigenvalue weighted by Crippen LogP contribution is 2.11. The molecule has 0 spiro atoms. The zero-order chi connectivity index (χ0) is 11.8. The third-order valence-corrected chi connectivity index (χ3v) is 2.57. The normalized spacial score (nSPS) is 14.4. The number of aliphatic imine (C=N–C) groups is 1. The number of carboxylic acid groups (broad SMARTS) is 1. The van der Waals surface area contributed by atoms with Crippen molar-refractivity contribution in [3.8, 4) is 0 Å². The third-order valence-electron chi connectivity index (χ3n) is 2.57. The van der Waals surface area contributed by atoms with Crippen LogP contribution < -0.4 is 0 Å². The quantitative estimate of drug-likeness (QED) is 0.509. The molecule has 0 radical (unpaired) electrons. The molecule has 90 valence electrons. The zero-order valence-electron chi connectivity index (χ0n) is 9.57. The fourth-order valence-electron chi connectivity index (χ4n) is 1.61. The largest absolute Gasteiger partial charge is 0.479 e. The lowest BCUT2D eigenvalue weighted by Crippen LogP contribution is -1.99. The van der Waals surface area contributed by atoms with Gasteiger partial charge in [-0.3, -0.25) is 4.99 Å². The molecule has 0 unspecified atom stereocenters. The van der Waals surface area contributed by atoms with Crippen molar-refractivity contribution >= 4 is 11.9 Å². The van der Waals surface area contributed by atoms with Gasteiger partial charge in [0.15, 0.2) is 5.90 Å². The molecular formula is C12H19NO3. The monoisotopic (exact) mass is 225 g/mol. The van der Waals surface area contributed by atoms with Crippen molar-refractivity contribution in [2.45, 2.75) is 38.5 Å². The van der Waals surface area contributed by atoms with E-state index in [-0.39, 0.29) is 0 Å². The van der Waals surface area contributed by atoms with Crippen LogP contribution in [-0.2, 0) is 9.53 Å². The van der Waals surface area contributed by atoms with E-state index in [9.17, 15) is 4.79 Å². The fraction of sp³-hybridized carbons (Fsp3) is 0.667. The maximum atomic E-state index is 10.5. The van der Waals surface area contributed by atoms with E-state index in [1.807, 2.05) is 0 Å². The van der Waals surface area contributed by atoms with E-state index in [0.717, 1.165) is 51.2 Å². The van der Waals surface area contributed by atoms with Crippen molar-refractivity contribution in [2.75, 3.05) is 13.2 Å². The molecular weight excluding hydrogens is 206 g/mol. The minimum atomic E-state index is -0.881. The number of hydrogen-bond acceptors (Lipinski definition) is 3. The second kappa shape index (κ2) is 7.04. The Labute approximate surface area is 96.0 Å². The molecule has 0 saturated heterocycles. The van der Waals surface area contributed by atoms with Crippen LogP contribution in [0.1, 0.15) is 38.5 Å². The Morgan fingerprint density at radius 3 is 2.75 bits per heavy atom. The van der Waals surface area contributed by atoms with Gasteiger partial charge in [0.25, 0.3) is 0 Å². The van der Waals surface area contributed by atoms with Crippen molar-refractivity contribution in [1.82, 2.24) is 0 Å². The van der Waals surface area contributed by atoms with Crippen molar-refractivity contribution < 1.29 is 14.6 Å². The SMILES string of the molecule is C=C(CCCCCCC1=NCCO1)C(=O)O. The van der Waals surface area contributed by atoms with Crippen LogP contribution in [0.25, 0.3) is 0 Å². The van der Waals surface area contributed by atoms with Crippen LogP contribution in [0.2, 0.25) is 0 Å². The molecule has 1 rings (SSSR count). The predicted molar refractivity (Wildman–Crippen MR) is 62.7 cm³/mol. The first-order valence-electron chi connectivity index (χ1n) is 5.77. The second-order valence-corrected chi connectivity index (χ2v) is 3.95. The van der Waals surface area contributed by atoms with Gasteiger partial charge in [-0.1, -0.05) is 19.4 Å². The Hall–Kier alpha value is -1.32. The van der Waals surface area contributed by atoms with E-state index in [2.05, 4.69) is 11.6 Å². The molecule has 0 fully saturated rings. The maximum absolute atomic E-state index is 10.5. The smallest absolute Gasteiger partial charge is 0.330 e. The summed E-state index contributed by atoms with van der Waals surface area (Å²) in [6, 6.07) is 0. The van der Waals surface area contributed by atoms with Crippen molar-refractivity contribution in [1.29, 1.82) is 0 Å². The first-order chi connectivity index (χ1) is 7.70. The highest BCUT2D eigenvalue weighted by atomic mass is 16.5. The van der Waals surface area contributed by atoms with E-state index in [1.54, 1.807) is 0 Å². The summed E-state index contributed by atoms with van der Waals surface area (Å²) in [6.45, 7) is 5.03. The number of unbranched alkanes of at least 4 members (excludes halogenated alkanes) is 3. The molecule has 0 saturated carbocycles. The summed E-state index contributed by atoms with van der Waals surface area (Å²) in [7, 11) is 0. The van der Waals surface area contributed by atoms with Crippen LogP contribution >= 0.6 is 0 Å². The summed E-state index contributed by atoms with van der Waals surface area (Å²) in [5.41, 5.74) is 0.309. The summed E-state index contributed by atoms with van der Waals surface area (Å²) in [5.74, 6) is 0.00339. The van der Waals surface area contributed by atoms with Gasteiger partial charge in [-0.05, 0) is 19.3 Å². The summed E-state index contributed by atoms with van der Waals surface area (Å²) in [6.07, 6.45) is 5.61. The molecule has 16 heavy (non-hydrogen) atoms. The Kier molecular flexibility index (Phi) is 5.61. The van der Waals surface area contributed by atoms with E-state index in [0.29, 0.717) is 12.0 Å². The maximum Gasteiger partial charge on any atom is 0.330 e. The van der Waals surface area contributed by atoms with Crippen LogP contribution in [0, 0.1) is 0 Å². The number of nitrogens with zero attached hydrogens (tertiary/aromatic N) is 1. The molecule has 0 aliphatic carbocycles. The van der Waals surface area contributed by atoms with Crippen LogP contribution in [0.3, 0.4) is 0 Å². The molecule has 1 heterocycles. The molecule has 0 atom stereocenters. The lowest BCUT2D eigenvalue weighted by atomic mass is 10.1. The van der Waals surface area contributed by atoms with Crippen molar-refractivity contribution in [2.24, 2.45) is 4.99 Å². The average Bonchev–Trinajstić information content (AvgIpc) is 2.75. The first-order valence-corrected chi connectivity index (χ1v) is 5.77. The van der Waals surface area contributed by atoms with Crippen LogP contribution in [-0.4, -0.2) is 30.1 Å². The van der Waals surface area contributed by atoms with Gasteiger partial charge in [-0.2, -0.15) is 0 Å². The third kappa shape index (κ3) is 4.96. The molecule has 0 aromatic rings. The predicted octanol–water partition coefficient (Wildman–Crippen LogP) is 2.40. The number of carbonyl (C=O) groups is 1. The van der Waals surface area contributed by atoms with Gasteiger partial charge >= 0.3 is 5.97 Å². The second-order valence-electron chi connectivity index (χ2n) is 3.95. The molecule has 0 aromatic carbocycles. The van der Waals surface area contributed by atoms with Crippen molar-refractivity contribution in [3.63, 3.8) is 0 Å². The van der Waals surface area contributed by atoms with Crippen molar-refractivity contribution in [3.05, 3.63) is 12.2 Å². The van der Waals surface area contributed by atoms with E-state index in [1.165, 1.54) is 0 Å². The van der Waals surface area contributed by atoms with Gasteiger partial charge < -0.3 is 9.84 Å². The highest BCUT2D eigenvalue weighted by molar-refractivity contribution is 5.85. The van der Waals surface area contributed by atoms with Gasteiger partial charge in [-0.25, -0.2) is 4.79 Å². The van der Waals surface area contributed by atoms with Gasteiger partial charge in [0.2, 0.25) is 0 Å². The van der Waals surface area contributed by atoms with Crippen LogP contribution in [0.15, 0.2) is 17.1 Å². The molecule has 1 aliphatic rings. The number of rotatable bonds is 8. The Bertz CT molecular complexity index is 278. The first kappa shape index (κ1) is 12.7. The van der Waals surface area contributed by atoms with Gasteiger partial charge in [0, 0.05) is 12.0 Å². The molecule has 4 nitrogen and oxygen atoms in total. The summed E-state index contributed by atoms with van der Waals surface area (Å²) in [5, 5.41) is 8.60. The number of carboxylic acids is 1. The highest BCUT2D eigenvalue weighted by Gasteiger charge is 2.06. The molecule has 1 aliphatic heterocycles. The molecule has 1 N–H and O–H groups in total. The lowest BCUT2D eigenvalue weighted by molar-refractivity contribution is -0.132. The Balaban J connectivity index is 1.92. The molecule has 0 amide bonds. The topological polar surface area (TPSA) is 58.9 Å². The summed E-state index contributed by atoms with van der Waals surface area (Å²) >= 11 is 0. The zero-order valence-corrected chi connectivity index (χ0v) is 9.57. The van der Waals surface area contributed by atoms with Gasteiger partial charge in [-0.15, -0.1) is 0 Å². The number of hydrogen-bond donors (Lipinski definition) is 1. The lowest BCUT2D eigenvalue weighted by Gasteiger charge is -2.02. The Morgan fingerprint density at radius 1 is 1.38 bits per heavy atom. The van der Waals surface area contributed by atoms with Gasteiger partial charge in [0.1, 0.15) is 6.61 Å². The standard InChI is InChI=1S/C12H19NO3/c1-10(12(14)15)6-4-2-3-5-7-11-13-8-9-16-11/h1-9H2,(H,14,15). The summed E-state index contributed by atoms with van der Waals surface area (Å²) in [4.78, 5) is 14.7. The fourth-order valence-corrected chi connectivity index (χ4v) is 1.61. The van der Waals surface area contributed by atoms with Crippen LogP contribution in [0.4, 0.5) is 0 Å². The van der Waals surface area contributed by atoms with E-state index >= 15 is 0 Å². The average molecular weight is 225 g/mol.